The first-order valence-electron chi connectivity index (χ1n) is 12.3. The summed E-state index contributed by atoms with van der Waals surface area (Å²) in [6.07, 6.45) is 7.65. The van der Waals surface area contributed by atoms with Gasteiger partial charge in [0.2, 0.25) is 15.9 Å². The number of aromatic nitrogens is 1. The van der Waals surface area contributed by atoms with E-state index in [1.807, 2.05) is 23.1 Å². The highest BCUT2D eigenvalue weighted by molar-refractivity contribution is 7.88. The summed E-state index contributed by atoms with van der Waals surface area (Å²) in [6.45, 7) is 1.21. The number of H-pyrrole nitrogens is 1. The number of fused-ring (bicyclic) bond motifs is 4. The van der Waals surface area contributed by atoms with Crippen molar-refractivity contribution in [1.82, 2.24) is 14.2 Å². The number of hydrogen-bond donors (Lipinski definition) is 2. The number of hydrogen-bond acceptors (Lipinski definition) is 5. The van der Waals surface area contributed by atoms with E-state index in [1.165, 1.54) is 12.7 Å². The SMILES string of the molecule is COc1ccc2c3c([nH]c2c1)[C@H](CO)N(C(=O)C1CCCCC1)CC31CCN(S(C)(=O)=O)CC1. The van der Waals surface area contributed by atoms with Crippen LogP contribution in [0.1, 0.15) is 62.2 Å². The molecule has 1 saturated heterocycles. The molecule has 1 amide bonds. The molecule has 1 spiro atoms. The second kappa shape index (κ2) is 8.84. The Hall–Kier alpha value is -2.10. The van der Waals surface area contributed by atoms with Crippen molar-refractivity contribution in [2.45, 2.75) is 56.4 Å². The molecule has 5 rings (SSSR count). The molecular weight excluding hydrogens is 454 g/mol. The maximum absolute atomic E-state index is 13.8. The van der Waals surface area contributed by atoms with Crippen LogP contribution in [0.5, 0.6) is 5.75 Å². The zero-order chi connectivity index (χ0) is 24.1. The number of nitrogens with zero attached hydrogens (tertiary/aromatic N) is 2. The quantitative estimate of drug-likeness (QED) is 0.688. The Labute approximate surface area is 201 Å². The van der Waals surface area contributed by atoms with Crippen molar-refractivity contribution in [3.63, 3.8) is 0 Å². The van der Waals surface area contributed by atoms with E-state index >= 15 is 0 Å². The molecule has 1 aromatic heterocycles. The maximum atomic E-state index is 13.8. The summed E-state index contributed by atoms with van der Waals surface area (Å²) < 4.78 is 31.4. The van der Waals surface area contributed by atoms with E-state index < -0.39 is 16.1 Å². The van der Waals surface area contributed by atoms with Gasteiger partial charge in [0.15, 0.2) is 0 Å². The minimum atomic E-state index is -3.27. The van der Waals surface area contributed by atoms with E-state index in [1.54, 1.807) is 11.4 Å². The van der Waals surface area contributed by atoms with Crippen molar-refractivity contribution in [3.05, 3.63) is 29.5 Å². The number of piperidine rings is 1. The van der Waals surface area contributed by atoms with Gasteiger partial charge in [-0.25, -0.2) is 12.7 Å². The van der Waals surface area contributed by atoms with E-state index in [0.29, 0.717) is 32.5 Å². The smallest absolute Gasteiger partial charge is 0.226 e. The highest BCUT2D eigenvalue weighted by atomic mass is 32.2. The van der Waals surface area contributed by atoms with Crippen LogP contribution in [0, 0.1) is 5.92 Å². The number of ether oxygens (including phenoxy) is 1. The van der Waals surface area contributed by atoms with Gasteiger partial charge in [-0.1, -0.05) is 19.3 Å². The van der Waals surface area contributed by atoms with Gasteiger partial charge in [0.1, 0.15) is 5.75 Å². The molecule has 34 heavy (non-hydrogen) atoms. The molecule has 8 nitrogen and oxygen atoms in total. The lowest BCUT2D eigenvalue weighted by atomic mass is 9.68. The number of sulfonamides is 1. The van der Waals surface area contributed by atoms with Crippen molar-refractivity contribution in [1.29, 1.82) is 0 Å². The summed E-state index contributed by atoms with van der Waals surface area (Å²) in [6, 6.07) is 5.50. The molecule has 2 aliphatic heterocycles. The number of aliphatic hydroxyl groups excluding tert-OH is 1. The van der Waals surface area contributed by atoms with Crippen LogP contribution in [0.4, 0.5) is 0 Å². The molecule has 2 N–H and O–H groups in total. The molecule has 1 aliphatic carbocycles. The Kier molecular flexibility index (Phi) is 6.14. The molecule has 3 aliphatic rings. The monoisotopic (exact) mass is 489 g/mol. The normalized spacial score (nSPS) is 23.9. The van der Waals surface area contributed by atoms with E-state index in [9.17, 15) is 18.3 Å². The molecule has 0 bridgehead atoms. The number of nitrogens with one attached hydrogen (secondary N) is 1. The van der Waals surface area contributed by atoms with Crippen LogP contribution in [0.3, 0.4) is 0 Å². The first kappa shape index (κ1) is 23.6. The Balaban J connectivity index is 1.61. The second-order valence-corrected chi connectivity index (χ2v) is 12.2. The van der Waals surface area contributed by atoms with Crippen LogP contribution < -0.4 is 4.74 Å². The average molecular weight is 490 g/mol. The number of methoxy groups -OCH3 is 1. The molecular formula is C25H35N3O5S. The van der Waals surface area contributed by atoms with Gasteiger partial charge < -0.3 is 19.7 Å². The molecule has 2 fully saturated rings. The Morgan fingerprint density at radius 2 is 1.91 bits per heavy atom. The van der Waals surface area contributed by atoms with Crippen LogP contribution in [0.2, 0.25) is 0 Å². The van der Waals surface area contributed by atoms with E-state index in [4.69, 9.17) is 4.74 Å². The van der Waals surface area contributed by atoms with Gasteiger partial charge in [-0.2, -0.15) is 0 Å². The summed E-state index contributed by atoms with van der Waals surface area (Å²) in [7, 11) is -1.64. The van der Waals surface area contributed by atoms with Crippen molar-refractivity contribution < 1.29 is 23.1 Å². The van der Waals surface area contributed by atoms with Crippen molar-refractivity contribution >= 4 is 26.8 Å². The number of rotatable bonds is 4. The molecule has 0 unspecified atom stereocenters. The number of benzene rings is 1. The van der Waals surface area contributed by atoms with Crippen LogP contribution in [0.25, 0.3) is 10.9 Å². The summed E-state index contributed by atoms with van der Waals surface area (Å²) >= 11 is 0. The number of amides is 1. The summed E-state index contributed by atoms with van der Waals surface area (Å²) in [4.78, 5) is 19.2. The van der Waals surface area contributed by atoms with Crippen molar-refractivity contribution in [2.75, 3.05) is 39.6 Å². The van der Waals surface area contributed by atoms with Crippen molar-refractivity contribution in [2.24, 2.45) is 5.92 Å². The highest BCUT2D eigenvalue weighted by Crippen LogP contribution is 2.50. The first-order valence-corrected chi connectivity index (χ1v) is 14.2. The fraction of sp³-hybridized carbons (Fsp3) is 0.640. The number of carbonyl (C=O) groups excluding carboxylic acids is 1. The molecule has 2 aromatic rings. The average Bonchev–Trinajstić information content (AvgIpc) is 3.23. The largest absolute Gasteiger partial charge is 0.497 e. The fourth-order valence-electron chi connectivity index (χ4n) is 6.48. The summed E-state index contributed by atoms with van der Waals surface area (Å²) in [5, 5.41) is 11.6. The maximum Gasteiger partial charge on any atom is 0.226 e. The van der Waals surface area contributed by atoms with Gasteiger partial charge in [0.25, 0.3) is 0 Å². The van der Waals surface area contributed by atoms with Gasteiger partial charge in [-0.05, 0) is 43.4 Å². The van der Waals surface area contributed by atoms with Crippen LogP contribution in [-0.2, 0) is 20.2 Å². The summed E-state index contributed by atoms with van der Waals surface area (Å²) in [5.74, 6) is 0.871. The lowest BCUT2D eigenvalue weighted by molar-refractivity contribution is -0.142. The number of aliphatic hydroxyl groups is 1. The third kappa shape index (κ3) is 3.91. The molecule has 3 heterocycles. The lowest BCUT2D eigenvalue weighted by Gasteiger charge is -2.50. The lowest BCUT2D eigenvalue weighted by Crippen LogP contribution is -2.56. The Morgan fingerprint density at radius 3 is 2.53 bits per heavy atom. The standard InChI is InChI=1S/C25H35N3O5S/c1-33-18-8-9-19-20(14-18)26-23-21(15-29)28(24(30)17-6-4-3-5-7-17)16-25(22(19)23)10-12-27(13-11-25)34(2,31)32/h8-9,14,17,21,26,29H,3-7,10-13,15-16H2,1-2H3/t21-/m0/s1. The zero-order valence-electron chi connectivity index (χ0n) is 20.0. The van der Waals surface area contributed by atoms with Gasteiger partial charge in [-0.15, -0.1) is 0 Å². The van der Waals surface area contributed by atoms with E-state index in [-0.39, 0.29) is 23.8 Å². The third-order valence-electron chi connectivity index (χ3n) is 8.31. The predicted molar refractivity (Wildman–Crippen MR) is 130 cm³/mol. The van der Waals surface area contributed by atoms with Gasteiger partial charge in [0, 0.05) is 53.6 Å². The number of carbonyl (C=O) groups is 1. The topological polar surface area (TPSA) is 103 Å². The second-order valence-electron chi connectivity index (χ2n) is 10.3. The van der Waals surface area contributed by atoms with Crippen LogP contribution >= 0.6 is 0 Å². The van der Waals surface area contributed by atoms with Gasteiger partial charge >= 0.3 is 0 Å². The molecule has 1 aromatic carbocycles. The Morgan fingerprint density at radius 1 is 1.21 bits per heavy atom. The van der Waals surface area contributed by atoms with Crippen molar-refractivity contribution in [3.8, 4) is 5.75 Å². The van der Waals surface area contributed by atoms with Gasteiger partial charge in [0.05, 0.1) is 26.0 Å². The highest BCUT2D eigenvalue weighted by Gasteiger charge is 2.50. The molecule has 186 valence electrons. The minimum Gasteiger partial charge on any atom is -0.497 e. The molecule has 0 radical (unpaired) electrons. The first-order chi connectivity index (χ1) is 16.3. The van der Waals surface area contributed by atoms with E-state index in [0.717, 1.165) is 53.6 Å². The summed E-state index contributed by atoms with van der Waals surface area (Å²) in [5.41, 5.74) is 2.57. The van der Waals surface area contributed by atoms with E-state index in [2.05, 4.69) is 4.98 Å². The van der Waals surface area contributed by atoms with Crippen LogP contribution in [-0.4, -0.2) is 73.2 Å². The molecule has 1 atom stereocenters. The molecule has 1 saturated carbocycles. The third-order valence-corrected chi connectivity index (χ3v) is 9.61. The zero-order valence-corrected chi connectivity index (χ0v) is 20.9. The fourth-order valence-corrected chi connectivity index (χ4v) is 7.32. The predicted octanol–water partition coefficient (Wildman–Crippen LogP) is 2.93. The van der Waals surface area contributed by atoms with Crippen LogP contribution in [0.15, 0.2) is 18.2 Å². The Bertz CT molecular complexity index is 1180. The molecule has 9 heteroatoms. The number of aromatic amines is 1. The minimum absolute atomic E-state index is 0.00183. The van der Waals surface area contributed by atoms with Gasteiger partial charge in [-0.3, -0.25) is 4.79 Å².